The molecule has 0 heterocycles. The molecule has 0 aliphatic heterocycles. The van der Waals surface area contributed by atoms with Crippen molar-refractivity contribution in [3.05, 3.63) is 11.6 Å². The summed E-state index contributed by atoms with van der Waals surface area (Å²) in [6.45, 7) is 12.6. The Morgan fingerprint density at radius 1 is 0.923 bits per heavy atom. The minimum atomic E-state index is 0.0710. The summed E-state index contributed by atoms with van der Waals surface area (Å²) in [6, 6.07) is 0. The molecule has 0 N–H and O–H groups in total. The van der Waals surface area contributed by atoms with Gasteiger partial charge in [-0.15, -0.1) is 0 Å². The van der Waals surface area contributed by atoms with Gasteiger partial charge in [-0.05, 0) is 110 Å². The van der Waals surface area contributed by atoms with Gasteiger partial charge in [0.2, 0.25) is 0 Å². The Hall–Kier alpha value is -0.790. The number of carbonyl (C=O) groups excluding carboxylic acids is 1. The van der Waals surface area contributed by atoms with Gasteiger partial charge in [-0.1, -0.05) is 97.6 Å². The normalized spacial score (nSPS) is 39.4. The number of fused-ring (bicyclic) bond motifs is 5. The predicted octanol–water partition coefficient (Wildman–Crippen LogP) is 10.7. The summed E-state index contributed by atoms with van der Waals surface area (Å²) in [6.07, 6.45) is 27.2. The zero-order valence-electron chi connectivity index (χ0n) is 26.4. The van der Waals surface area contributed by atoms with Crippen LogP contribution in [0.4, 0.5) is 0 Å². The second-order valence-electron chi connectivity index (χ2n) is 16.0. The summed E-state index contributed by atoms with van der Waals surface area (Å²) in [4.78, 5) is 12.7. The number of rotatable bonds is 10. The molecular weight excluding hydrogens is 476 g/mol. The molecule has 5 rings (SSSR count). The number of hydrogen-bond donors (Lipinski definition) is 0. The van der Waals surface area contributed by atoms with Gasteiger partial charge in [-0.25, -0.2) is 0 Å². The lowest BCUT2D eigenvalue weighted by Gasteiger charge is -2.58. The topological polar surface area (TPSA) is 26.3 Å². The van der Waals surface area contributed by atoms with E-state index in [1.54, 1.807) is 5.57 Å². The molecule has 4 fully saturated rings. The van der Waals surface area contributed by atoms with Crippen LogP contribution in [-0.2, 0) is 9.53 Å². The molecule has 5 aliphatic carbocycles. The van der Waals surface area contributed by atoms with E-state index in [-0.39, 0.29) is 12.1 Å². The van der Waals surface area contributed by atoms with Crippen LogP contribution in [0.5, 0.6) is 0 Å². The Labute approximate surface area is 241 Å². The molecule has 222 valence electrons. The van der Waals surface area contributed by atoms with Crippen molar-refractivity contribution in [3.63, 3.8) is 0 Å². The van der Waals surface area contributed by atoms with E-state index < -0.39 is 0 Å². The first-order valence-electron chi connectivity index (χ1n) is 17.6. The third kappa shape index (κ3) is 6.35. The van der Waals surface area contributed by atoms with Gasteiger partial charge in [-0.2, -0.15) is 0 Å². The molecule has 0 amide bonds. The fraction of sp³-hybridized carbons (Fsp3) is 0.919. The Balaban J connectivity index is 1.15. The lowest BCUT2D eigenvalue weighted by atomic mass is 9.47. The summed E-state index contributed by atoms with van der Waals surface area (Å²) >= 11 is 0. The maximum Gasteiger partial charge on any atom is 0.306 e. The monoisotopic (exact) mass is 538 g/mol. The molecule has 5 aliphatic rings. The van der Waals surface area contributed by atoms with Crippen molar-refractivity contribution in [2.24, 2.45) is 52.3 Å². The third-order valence-corrected chi connectivity index (χ3v) is 13.3. The highest BCUT2D eigenvalue weighted by Crippen LogP contribution is 2.67. The molecule has 0 radical (unpaired) electrons. The number of carbonyl (C=O) groups is 1. The largest absolute Gasteiger partial charge is 0.462 e. The van der Waals surface area contributed by atoms with Crippen LogP contribution < -0.4 is 0 Å². The molecule has 0 spiro atoms. The number of hydrogen-bond acceptors (Lipinski definition) is 2. The highest BCUT2D eigenvalue weighted by Gasteiger charge is 2.59. The highest BCUT2D eigenvalue weighted by molar-refractivity contribution is 5.69. The van der Waals surface area contributed by atoms with Gasteiger partial charge in [0.1, 0.15) is 6.10 Å². The van der Waals surface area contributed by atoms with Crippen LogP contribution in [0, 0.1) is 52.3 Å². The standard InChI is InChI=1S/C37H62O2/c1-26(2)11-9-12-27(3)32-19-20-33-31-18-17-29-25-30(21-23-36(29,4)34(31)22-24-37(32,33)5)39-35(38)16-10-15-28-13-7-6-8-14-28/h17,26-28,30-34H,6-16,18-25H2,1-5H3/t27-,30+,31+,32-,33+,34+,36+,37-/m1/s1. The van der Waals surface area contributed by atoms with Gasteiger partial charge in [0, 0.05) is 12.8 Å². The van der Waals surface area contributed by atoms with Crippen LogP contribution in [0.1, 0.15) is 157 Å². The zero-order chi connectivity index (χ0) is 27.6. The van der Waals surface area contributed by atoms with Gasteiger partial charge in [0.25, 0.3) is 0 Å². The Morgan fingerprint density at radius 3 is 2.49 bits per heavy atom. The summed E-state index contributed by atoms with van der Waals surface area (Å²) < 4.78 is 6.10. The van der Waals surface area contributed by atoms with Crippen molar-refractivity contribution in [1.82, 2.24) is 0 Å². The Morgan fingerprint density at radius 2 is 1.72 bits per heavy atom. The highest BCUT2D eigenvalue weighted by atomic mass is 16.5. The zero-order valence-corrected chi connectivity index (χ0v) is 26.4. The van der Waals surface area contributed by atoms with Gasteiger partial charge in [0.15, 0.2) is 0 Å². The first-order chi connectivity index (χ1) is 18.7. The summed E-state index contributed by atoms with van der Waals surface area (Å²) in [5.74, 6) is 6.23. The van der Waals surface area contributed by atoms with Crippen LogP contribution in [0.15, 0.2) is 11.6 Å². The fourth-order valence-corrected chi connectivity index (χ4v) is 11.0. The second kappa shape index (κ2) is 12.6. The average molecular weight is 539 g/mol. The number of esters is 1. The summed E-state index contributed by atoms with van der Waals surface area (Å²) in [5, 5.41) is 0. The van der Waals surface area contributed by atoms with Gasteiger partial charge in [0.05, 0.1) is 0 Å². The molecule has 8 atom stereocenters. The van der Waals surface area contributed by atoms with E-state index >= 15 is 0 Å². The SMILES string of the molecule is CC(C)CCC[C@@H](C)[C@H]1CC[C@H]2[C@@H]3CC=C4C[C@@H](OC(=O)CCCC5CCCCC5)CC[C@]4(C)[C@H]3CC[C@]12C. The van der Waals surface area contributed by atoms with Crippen LogP contribution >= 0.6 is 0 Å². The first-order valence-corrected chi connectivity index (χ1v) is 17.6. The summed E-state index contributed by atoms with van der Waals surface area (Å²) in [5.41, 5.74) is 2.55. The minimum Gasteiger partial charge on any atom is -0.462 e. The average Bonchev–Trinajstić information content (AvgIpc) is 3.26. The Kier molecular flexibility index (Phi) is 9.60. The molecule has 2 nitrogen and oxygen atoms in total. The van der Waals surface area contributed by atoms with Crippen molar-refractivity contribution < 1.29 is 9.53 Å². The van der Waals surface area contributed by atoms with Gasteiger partial charge >= 0.3 is 5.97 Å². The molecule has 0 aromatic heterocycles. The molecule has 0 aromatic carbocycles. The van der Waals surface area contributed by atoms with E-state index in [4.69, 9.17) is 4.74 Å². The summed E-state index contributed by atoms with van der Waals surface area (Å²) in [7, 11) is 0. The molecule has 2 heteroatoms. The van der Waals surface area contributed by atoms with Crippen LogP contribution in [-0.4, -0.2) is 12.1 Å². The number of allylic oxidation sites excluding steroid dienone is 1. The predicted molar refractivity (Wildman–Crippen MR) is 163 cm³/mol. The van der Waals surface area contributed by atoms with Crippen LogP contribution in [0.2, 0.25) is 0 Å². The van der Waals surface area contributed by atoms with Gasteiger partial charge < -0.3 is 4.74 Å². The van der Waals surface area contributed by atoms with Crippen molar-refractivity contribution in [2.45, 2.75) is 163 Å². The maximum absolute atomic E-state index is 12.7. The number of ether oxygens (including phenoxy) is 1. The lowest BCUT2D eigenvalue weighted by Crippen LogP contribution is -2.51. The quantitative estimate of drug-likeness (QED) is 0.204. The van der Waals surface area contributed by atoms with Gasteiger partial charge in [-0.3, -0.25) is 4.79 Å². The molecule has 0 saturated heterocycles. The second-order valence-corrected chi connectivity index (χ2v) is 16.0. The fourth-order valence-electron chi connectivity index (χ4n) is 11.0. The van der Waals surface area contributed by atoms with Crippen molar-refractivity contribution in [1.29, 1.82) is 0 Å². The lowest BCUT2D eigenvalue weighted by molar-refractivity contribution is -0.151. The molecule has 0 aromatic rings. The van der Waals surface area contributed by atoms with Crippen molar-refractivity contribution in [3.8, 4) is 0 Å². The molecule has 0 unspecified atom stereocenters. The van der Waals surface area contributed by atoms with Crippen molar-refractivity contribution >= 4 is 5.97 Å². The van der Waals surface area contributed by atoms with E-state index in [2.05, 4.69) is 40.7 Å². The van der Waals surface area contributed by atoms with E-state index in [0.717, 1.165) is 60.7 Å². The molecule has 4 saturated carbocycles. The van der Waals surface area contributed by atoms with Crippen LogP contribution in [0.25, 0.3) is 0 Å². The smallest absolute Gasteiger partial charge is 0.306 e. The van der Waals surface area contributed by atoms with E-state index in [1.165, 1.54) is 96.3 Å². The Bertz CT molecular complexity index is 851. The minimum absolute atomic E-state index is 0.0710. The maximum atomic E-state index is 12.7. The first kappa shape index (κ1) is 29.7. The van der Waals surface area contributed by atoms with Crippen LogP contribution in [0.3, 0.4) is 0 Å². The van der Waals surface area contributed by atoms with E-state index in [9.17, 15) is 4.79 Å². The van der Waals surface area contributed by atoms with E-state index in [0.29, 0.717) is 17.3 Å². The third-order valence-electron chi connectivity index (χ3n) is 13.3. The molecule has 39 heavy (non-hydrogen) atoms. The molecule has 0 bridgehead atoms. The van der Waals surface area contributed by atoms with E-state index in [1.807, 2.05) is 0 Å². The molecular formula is C37H62O2. The van der Waals surface area contributed by atoms with Crippen molar-refractivity contribution in [2.75, 3.05) is 0 Å².